The largest absolute Gasteiger partial charge is 0.386 e. The Morgan fingerprint density at radius 1 is 1.90 bits per heavy atom. The fourth-order valence-electron chi connectivity index (χ4n) is 0.550. The van der Waals surface area contributed by atoms with Crippen LogP contribution in [0.5, 0.6) is 0 Å². The molecule has 1 saturated heterocycles. The van der Waals surface area contributed by atoms with Gasteiger partial charge in [-0.15, -0.1) is 12.3 Å². The minimum Gasteiger partial charge on any atom is -0.316 e. The van der Waals surface area contributed by atoms with Gasteiger partial charge in [-0.1, -0.05) is 0 Å². The highest BCUT2D eigenvalue weighted by Gasteiger charge is 2.28. The van der Waals surface area contributed by atoms with Crippen LogP contribution in [-0.2, 0) is 9.09 Å². The third-order valence-corrected chi connectivity index (χ3v) is 4.21. The van der Waals surface area contributed by atoms with Crippen molar-refractivity contribution in [2.24, 2.45) is 5.92 Å². The summed E-state index contributed by atoms with van der Waals surface area (Å²) in [6.45, 7) is -3.11. The van der Waals surface area contributed by atoms with Crippen LogP contribution in [0, 0.1) is 18.3 Å². The van der Waals surface area contributed by atoms with Crippen molar-refractivity contribution in [1.29, 1.82) is 0 Å². The highest BCUT2D eigenvalue weighted by Crippen LogP contribution is 2.58. The van der Waals surface area contributed by atoms with Crippen molar-refractivity contribution in [3.8, 4) is 12.3 Å². The third-order valence-electron chi connectivity index (χ3n) is 1.11. The Kier molecular flexibility index (Phi) is 2.43. The van der Waals surface area contributed by atoms with Crippen LogP contribution in [-0.4, -0.2) is 17.3 Å². The normalized spacial score (nSPS) is 40.6. The van der Waals surface area contributed by atoms with E-state index in [0.29, 0.717) is 5.75 Å². The van der Waals surface area contributed by atoms with Crippen LogP contribution in [0.25, 0.3) is 0 Å². The second kappa shape index (κ2) is 2.98. The monoisotopic (exact) mass is 178 g/mol. The van der Waals surface area contributed by atoms with Gasteiger partial charge in [-0.2, -0.15) is 0 Å². The minimum atomic E-state index is -3.32. The van der Waals surface area contributed by atoms with E-state index in [4.69, 9.17) is 11.3 Å². The van der Waals surface area contributed by atoms with Crippen LogP contribution in [0.3, 0.4) is 0 Å². The van der Waals surface area contributed by atoms with Crippen LogP contribution >= 0.6 is 18.2 Å². The molecule has 0 saturated carbocycles. The Labute approximate surface area is 63.4 Å². The van der Waals surface area contributed by atoms with Crippen LogP contribution in [0.2, 0.25) is 0 Å². The van der Waals surface area contributed by atoms with Crippen molar-refractivity contribution >= 4 is 18.2 Å². The van der Waals surface area contributed by atoms with Gasteiger partial charge in [0, 0.05) is 5.75 Å². The Morgan fingerprint density at radius 3 is 3.00 bits per heavy atom. The average molecular weight is 178 g/mol. The van der Waals surface area contributed by atoms with E-state index in [0.717, 1.165) is 11.4 Å². The molecule has 56 valence electrons. The lowest BCUT2D eigenvalue weighted by Gasteiger charge is -2.20. The molecular weight excluding hydrogens is 171 g/mol. The topological polar surface area (TPSA) is 46.5 Å². The van der Waals surface area contributed by atoms with Crippen molar-refractivity contribution in [2.45, 2.75) is 0 Å². The quantitative estimate of drug-likeness (QED) is 0.445. The summed E-state index contributed by atoms with van der Waals surface area (Å²) in [5, 5.41) is 0. The predicted octanol–water partition coefficient (Wildman–Crippen LogP) is 1.10. The molecule has 1 fully saturated rings. The molecule has 0 spiro atoms. The second-order valence-electron chi connectivity index (χ2n) is 1.92. The molecule has 0 bridgehead atoms. The van der Waals surface area contributed by atoms with E-state index in [2.05, 4.69) is 10.4 Å². The molecule has 0 aromatic rings. The van der Waals surface area contributed by atoms with Gasteiger partial charge in [-0.25, -0.2) is 4.57 Å². The molecular formula is C5H7O3PS. The second-order valence-corrected chi connectivity index (χ2v) is 5.87. The van der Waals surface area contributed by atoms with Gasteiger partial charge in [0.25, 0.3) is 0 Å². The van der Waals surface area contributed by atoms with Gasteiger partial charge in [0.05, 0.1) is 12.5 Å². The predicted molar refractivity (Wildman–Crippen MR) is 40.6 cm³/mol. The first-order valence-electron chi connectivity index (χ1n) is 2.72. The molecule has 0 aromatic carbocycles. The molecule has 0 radical (unpaired) electrons. The molecule has 3 nitrogen and oxygen atoms in total. The molecule has 2 unspecified atom stereocenters. The molecule has 0 aromatic heterocycles. The summed E-state index contributed by atoms with van der Waals surface area (Å²) in [5.41, 5.74) is 0. The number of hydrogen-bond donors (Lipinski definition) is 1. The van der Waals surface area contributed by atoms with E-state index < -0.39 is 6.80 Å². The lowest BCUT2D eigenvalue weighted by atomic mass is 10.2. The lowest BCUT2D eigenvalue weighted by Crippen LogP contribution is -2.13. The SMILES string of the molecule is C#CC1COP(=O)(O)SC1. The Morgan fingerprint density at radius 2 is 2.60 bits per heavy atom. The van der Waals surface area contributed by atoms with E-state index in [1.807, 2.05) is 0 Å². The molecule has 0 amide bonds. The van der Waals surface area contributed by atoms with Crippen molar-refractivity contribution < 1.29 is 14.0 Å². The number of hydrogen-bond acceptors (Lipinski definition) is 3. The lowest BCUT2D eigenvalue weighted by molar-refractivity contribution is 0.252. The summed E-state index contributed by atoms with van der Waals surface area (Å²) in [6, 6.07) is 0. The number of rotatable bonds is 0. The molecule has 1 aliphatic heterocycles. The molecule has 1 aliphatic rings. The average Bonchev–Trinajstić information content (AvgIpc) is 1.88. The van der Waals surface area contributed by atoms with Gasteiger partial charge in [0.15, 0.2) is 0 Å². The van der Waals surface area contributed by atoms with E-state index >= 15 is 0 Å². The van der Waals surface area contributed by atoms with Crippen molar-refractivity contribution in [2.75, 3.05) is 12.4 Å². The first-order valence-corrected chi connectivity index (χ1v) is 5.89. The smallest absolute Gasteiger partial charge is 0.316 e. The van der Waals surface area contributed by atoms with E-state index in [-0.39, 0.29) is 12.5 Å². The summed E-state index contributed by atoms with van der Waals surface area (Å²) in [4.78, 5) is 8.82. The molecule has 1 rings (SSSR count). The van der Waals surface area contributed by atoms with Crippen LogP contribution in [0.15, 0.2) is 0 Å². The molecule has 1 N–H and O–H groups in total. The zero-order valence-corrected chi connectivity index (χ0v) is 6.90. The van der Waals surface area contributed by atoms with Gasteiger partial charge in [-0.3, -0.25) is 4.52 Å². The zero-order chi connectivity index (χ0) is 7.61. The fourth-order valence-corrected chi connectivity index (χ4v) is 3.06. The first kappa shape index (κ1) is 8.16. The van der Waals surface area contributed by atoms with Crippen LogP contribution < -0.4 is 0 Å². The maximum atomic E-state index is 10.7. The highest BCUT2D eigenvalue weighted by atomic mass is 32.7. The van der Waals surface area contributed by atoms with Gasteiger partial charge < -0.3 is 4.89 Å². The Bertz CT molecular complexity index is 197. The van der Waals surface area contributed by atoms with E-state index in [9.17, 15) is 4.57 Å². The first-order chi connectivity index (χ1) is 4.64. The maximum absolute atomic E-state index is 10.7. The van der Waals surface area contributed by atoms with Crippen molar-refractivity contribution in [1.82, 2.24) is 0 Å². The van der Waals surface area contributed by atoms with Gasteiger partial charge in [-0.05, 0) is 11.4 Å². The van der Waals surface area contributed by atoms with Gasteiger partial charge in [0.2, 0.25) is 0 Å². The Hall–Kier alpha value is 0.0600. The van der Waals surface area contributed by atoms with Crippen LogP contribution in [0.1, 0.15) is 0 Å². The van der Waals surface area contributed by atoms with Gasteiger partial charge >= 0.3 is 6.80 Å². The molecule has 0 aliphatic carbocycles. The summed E-state index contributed by atoms with van der Waals surface area (Å²) < 4.78 is 15.3. The molecule has 10 heavy (non-hydrogen) atoms. The van der Waals surface area contributed by atoms with Gasteiger partial charge in [0.1, 0.15) is 0 Å². The molecule has 2 atom stereocenters. The van der Waals surface area contributed by atoms with Crippen molar-refractivity contribution in [3.05, 3.63) is 0 Å². The maximum Gasteiger partial charge on any atom is 0.386 e. The summed E-state index contributed by atoms with van der Waals surface area (Å²) in [5.74, 6) is 2.97. The third kappa shape index (κ3) is 2.03. The fraction of sp³-hybridized carbons (Fsp3) is 0.600. The zero-order valence-electron chi connectivity index (χ0n) is 5.19. The van der Waals surface area contributed by atoms with E-state index in [1.165, 1.54) is 0 Å². The standard InChI is InChI=1S/C5H7O3PS/c1-2-5-3-8-9(6,7)10-4-5/h1,5H,3-4H2,(H,6,7). The molecule has 5 heteroatoms. The number of terminal acetylenes is 1. The van der Waals surface area contributed by atoms with Crippen molar-refractivity contribution in [3.63, 3.8) is 0 Å². The minimum absolute atomic E-state index is 0.0146. The summed E-state index contributed by atoms with van der Waals surface area (Å²) >= 11 is 0.899. The highest BCUT2D eigenvalue weighted by molar-refractivity contribution is 8.54. The Balaban J connectivity index is 2.48. The summed E-state index contributed by atoms with van der Waals surface area (Å²) in [6.07, 6.45) is 5.08. The molecule has 1 heterocycles. The van der Waals surface area contributed by atoms with Crippen LogP contribution in [0.4, 0.5) is 0 Å². The summed E-state index contributed by atoms with van der Waals surface area (Å²) in [7, 11) is 0. The van der Waals surface area contributed by atoms with E-state index in [1.54, 1.807) is 0 Å².